The molecule has 0 spiro atoms. The zero-order valence-corrected chi connectivity index (χ0v) is 31.4. The van der Waals surface area contributed by atoms with Gasteiger partial charge in [0.15, 0.2) is 0 Å². The number of ether oxygens (including phenoxy) is 2. The number of carbonyl (C=O) groups excluding carboxylic acids is 6. The number of aliphatic imine (C=N–C) groups is 1. The summed E-state index contributed by atoms with van der Waals surface area (Å²) in [6.45, 7) is 10.7. The first-order valence-electron chi connectivity index (χ1n) is 16.9. The Morgan fingerprint density at radius 3 is 1.84 bits per heavy atom. The molecule has 0 saturated carbocycles. The summed E-state index contributed by atoms with van der Waals surface area (Å²) >= 11 is 0. The van der Waals surface area contributed by atoms with Gasteiger partial charge in [-0.05, 0) is 45.7 Å². The smallest absolute Gasteiger partial charge is 0.475 e. The number of amides is 4. The molecule has 7 N–H and O–H groups in total. The highest BCUT2D eigenvalue weighted by atomic mass is 19.4. The van der Waals surface area contributed by atoms with Crippen molar-refractivity contribution in [2.45, 2.75) is 97.2 Å². The minimum absolute atomic E-state index is 0.0682. The van der Waals surface area contributed by atoms with E-state index in [1.54, 1.807) is 6.92 Å². The van der Waals surface area contributed by atoms with E-state index in [1.165, 1.54) is 18.7 Å². The summed E-state index contributed by atoms with van der Waals surface area (Å²) in [5.74, 6) is -9.29. The second-order valence-electron chi connectivity index (χ2n) is 11.4. The number of nitrogens with zero attached hydrogens (tertiary/aromatic N) is 4. The lowest BCUT2D eigenvalue weighted by Gasteiger charge is -2.28. The highest BCUT2D eigenvalue weighted by Crippen LogP contribution is 2.20. The predicted octanol–water partition coefficient (Wildman–Crippen LogP) is 0.384. The number of carboxylic acid groups (broad SMARTS) is 2. The van der Waals surface area contributed by atoms with Gasteiger partial charge in [0.05, 0.1) is 19.1 Å². The van der Waals surface area contributed by atoms with Crippen LogP contribution in [0.25, 0.3) is 0 Å². The van der Waals surface area contributed by atoms with Crippen LogP contribution in [0.1, 0.15) is 66.7 Å². The molecule has 56 heavy (non-hydrogen) atoms. The van der Waals surface area contributed by atoms with Gasteiger partial charge in [-0.25, -0.2) is 19.3 Å². The van der Waals surface area contributed by atoms with E-state index in [-0.39, 0.29) is 51.5 Å². The van der Waals surface area contributed by atoms with Crippen LogP contribution < -0.4 is 16.8 Å². The standard InChI is InChI=1S/C27H47N7O8.2C2HF3O2/c1-6-32(7-2)15-16-42-26(40)21(11-9-13-30-27(29)34(18(4)35)19(5)36)31-24(38)22-12-10-14-33(22)25(39)20(28)17-23(37)41-8-3;2*3-2(4,5)1(6)7/h20-22H,6-17,28H2,1-5H3,(H2,29,30)(H,31,38);2*(H,6,7)/t20-,21-,22-;;/m0../s1. The van der Waals surface area contributed by atoms with Crippen molar-refractivity contribution < 1.29 is 84.4 Å². The first-order valence-corrected chi connectivity index (χ1v) is 16.9. The number of halogens is 6. The molecule has 1 aliphatic heterocycles. The van der Waals surface area contributed by atoms with Gasteiger partial charge in [-0.3, -0.25) is 29.0 Å². The maximum absolute atomic E-state index is 13.3. The fourth-order valence-corrected chi connectivity index (χ4v) is 4.54. The first kappa shape index (κ1) is 53.0. The van der Waals surface area contributed by atoms with Crippen LogP contribution in [0, 0.1) is 0 Å². The molecule has 0 aromatic heterocycles. The van der Waals surface area contributed by atoms with Gasteiger partial charge in [0.1, 0.15) is 18.7 Å². The quantitative estimate of drug-likeness (QED) is 0.0463. The maximum atomic E-state index is 13.3. The molecular weight excluding hydrogens is 776 g/mol. The number of alkyl halides is 6. The van der Waals surface area contributed by atoms with Crippen molar-refractivity contribution in [3.05, 3.63) is 0 Å². The Hall–Kier alpha value is -5.07. The number of aliphatic carboxylic acids is 2. The summed E-state index contributed by atoms with van der Waals surface area (Å²) in [6.07, 6.45) is -9.19. The molecule has 0 unspecified atom stereocenters. The first-order chi connectivity index (χ1) is 25.8. The topological polar surface area (TPSA) is 282 Å². The third-order valence-electron chi connectivity index (χ3n) is 7.26. The summed E-state index contributed by atoms with van der Waals surface area (Å²) in [6, 6.07) is -3.08. The predicted molar refractivity (Wildman–Crippen MR) is 181 cm³/mol. The highest BCUT2D eigenvalue weighted by molar-refractivity contribution is 6.10. The van der Waals surface area contributed by atoms with E-state index in [0.29, 0.717) is 19.4 Å². The number of hydrogen-bond donors (Lipinski definition) is 5. The second-order valence-corrected chi connectivity index (χ2v) is 11.4. The van der Waals surface area contributed by atoms with Crippen LogP contribution in [0.15, 0.2) is 4.99 Å². The lowest BCUT2D eigenvalue weighted by atomic mass is 10.1. The molecule has 0 bridgehead atoms. The van der Waals surface area contributed by atoms with E-state index < -0.39 is 78.0 Å². The highest BCUT2D eigenvalue weighted by Gasteiger charge is 2.40. The molecule has 1 saturated heterocycles. The number of carbonyl (C=O) groups is 8. The molecule has 1 fully saturated rings. The Kier molecular flexibility index (Phi) is 24.5. The minimum atomic E-state index is -5.08. The van der Waals surface area contributed by atoms with E-state index in [9.17, 15) is 55.1 Å². The monoisotopic (exact) mass is 825 g/mol. The summed E-state index contributed by atoms with van der Waals surface area (Å²) < 4.78 is 73.8. The molecule has 4 amide bonds. The minimum Gasteiger partial charge on any atom is -0.475 e. The Labute approximate surface area is 317 Å². The number of rotatable bonds is 16. The van der Waals surface area contributed by atoms with Gasteiger partial charge in [0.25, 0.3) is 0 Å². The van der Waals surface area contributed by atoms with Gasteiger partial charge in [-0.2, -0.15) is 26.3 Å². The molecule has 0 radical (unpaired) electrons. The number of likely N-dealkylation sites (N-methyl/N-ethyl adjacent to an activating group) is 1. The van der Waals surface area contributed by atoms with Gasteiger partial charge in [0.2, 0.25) is 29.6 Å². The number of nitrogens with one attached hydrogen (secondary N) is 1. The van der Waals surface area contributed by atoms with Crippen molar-refractivity contribution in [3.8, 4) is 0 Å². The van der Waals surface area contributed by atoms with Gasteiger partial charge >= 0.3 is 36.2 Å². The Morgan fingerprint density at radius 2 is 1.41 bits per heavy atom. The summed E-state index contributed by atoms with van der Waals surface area (Å²) in [5, 5.41) is 17.0. The summed E-state index contributed by atoms with van der Waals surface area (Å²) in [7, 11) is 0. The molecule has 3 atom stereocenters. The second kappa shape index (κ2) is 25.9. The molecule has 1 rings (SSSR count). The van der Waals surface area contributed by atoms with Crippen LogP contribution in [0.2, 0.25) is 0 Å². The van der Waals surface area contributed by atoms with Crippen LogP contribution in [-0.2, 0) is 47.8 Å². The Morgan fingerprint density at radius 1 is 0.911 bits per heavy atom. The largest absolute Gasteiger partial charge is 0.490 e. The molecule has 19 nitrogen and oxygen atoms in total. The molecule has 1 aliphatic rings. The van der Waals surface area contributed by atoms with E-state index in [1.807, 2.05) is 13.8 Å². The fraction of sp³-hybridized carbons (Fsp3) is 0.710. The number of esters is 2. The van der Waals surface area contributed by atoms with Crippen LogP contribution in [0.4, 0.5) is 26.3 Å². The van der Waals surface area contributed by atoms with Crippen molar-refractivity contribution in [1.29, 1.82) is 0 Å². The lowest BCUT2D eigenvalue weighted by molar-refractivity contribution is -0.193. The van der Waals surface area contributed by atoms with E-state index in [4.69, 9.17) is 40.7 Å². The molecule has 25 heteroatoms. The van der Waals surface area contributed by atoms with Gasteiger partial charge in [-0.15, -0.1) is 0 Å². The van der Waals surface area contributed by atoms with Crippen molar-refractivity contribution in [3.63, 3.8) is 0 Å². The van der Waals surface area contributed by atoms with E-state index in [2.05, 4.69) is 15.2 Å². The summed E-state index contributed by atoms with van der Waals surface area (Å²) in [5.41, 5.74) is 11.7. The van der Waals surface area contributed by atoms with Crippen molar-refractivity contribution in [2.24, 2.45) is 16.5 Å². The van der Waals surface area contributed by atoms with Gasteiger partial charge in [0, 0.05) is 33.5 Å². The van der Waals surface area contributed by atoms with E-state index in [0.717, 1.165) is 18.0 Å². The van der Waals surface area contributed by atoms with Crippen molar-refractivity contribution >= 4 is 53.5 Å². The SMILES string of the molecule is CCOC(=O)C[C@H](N)C(=O)N1CCC[C@H]1C(=O)N[C@@H](CCCN=C(N)N(C(C)=O)C(C)=O)C(=O)OCCN(CC)CC.O=C(O)C(F)(F)F.O=C(O)C(F)(F)F. The van der Waals surface area contributed by atoms with Crippen LogP contribution in [0.5, 0.6) is 0 Å². The molecule has 0 aliphatic carbocycles. The number of likely N-dealkylation sites (tertiary alicyclic amines) is 1. The molecular formula is C31H49F6N7O12. The Balaban J connectivity index is 0. The number of imide groups is 1. The van der Waals surface area contributed by atoms with Gasteiger partial charge in [-0.1, -0.05) is 13.8 Å². The molecule has 1 heterocycles. The Bertz CT molecular complexity index is 1340. The average Bonchev–Trinajstić information content (AvgIpc) is 3.57. The third kappa shape index (κ3) is 21.1. The molecule has 322 valence electrons. The number of hydrogen-bond acceptors (Lipinski definition) is 13. The zero-order valence-electron chi connectivity index (χ0n) is 31.4. The van der Waals surface area contributed by atoms with Crippen molar-refractivity contribution in [1.82, 2.24) is 20.0 Å². The lowest BCUT2D eigenvalue weighted by Crippen LogP contribution is -2.54. The van der Waals surface area contributed by atoms with Gasteiger partial charge < -0.3 is 46.3 Å². The molecule has 0 aromatic carbocycles. The van der Waals surface area contributed by atoms with Crippen molar-refractivity contribution in [2.75, 3.05) is 45.9 Å². The maximum Gasteiger partial charge on any atom is 0.490 e. The average molecular weight is 826 g/mol. The van der Waals surface area contributed by atoms with E-state index >= 15 is 0 Å². The van der Waals surface area contributed by atoms with Crippen LogP contribution in [0.3, 0.4) is 0 Å². The van der Waals surface area contributed by atoms with Crippen LogP contribution in [-0.4, -0.2) is 155 Å². The number of guanidine groups is 1. The normalized spacial score (nSPS) is 15.2. The van der Waals surface area contributed by atoms with Crippen LogP contribution >= 0.6 is 0 Å². The number of carboxylic acids is 2. The zero-order chi connectivity index (χ0) is 44.0. The number of nitrogens with two attached hydrogens (primary N) is 2. The fourth-order valence-electron chi connectivity index (χ4n) is 4.54. The third-order valence-corrected chi connectivity index (χ3v) is 7.26. The molecule has 0 aromatic rings. The summed E-state index contributed by atoms with van der Waals surface area (Å²) in [4.78, 5) is 100.